The molecule has 162 valence electrons. The molecule has 5 nitrogen and oxygen atoms in total. The Bertz CT molecular complexity index is 705. The van der Waals surface area contributed by atoms with Gasteiger partial charge in [-0.2, -0.15) is 0 Å². The largest absolute Gasteiger partial charge is 0.573 e. The third-order valence-corrected chi connectivity index (χ3v) is 5.20. The number of hydrogen-bond acceptors (Lipinski definition) is 3. The quantitative estimate of drug-likeness (QED) is 0.257. The normalized spacial score (nSPS) is 23.1. The molecule has 0 aromatic heterocycles. The number of piperidine rings is 1. The summed E-state index contributed by atoms with van der Waals surface area (Å²) in [5.41, 5.74) is 0.575. The number of hydrogen-bond donors (Lipinski definition) is 2. The first kappa shape index (κ1) is 23.8. The lowest BCUT2D eigenvalue weighted by Gasteiger charge is -2.32. The summed E-state index contributed by atoms with van der Waals surface area (Å²) in [4.78, 5) is 6.64. The number of guanidine groups is 1. The summed E-state index contributed by atoms with van der Waals surface area (Å²) >= 11 is 0. The highest BCUT2D eigenvalue weighted by molar-refractivity contribution is 14.0. The van der Waals surface area contributed by atoms with E-state index in [1.807, 2.05) is 6.08 Å². The average Bonchev–Trinajstić information content (AvgIpc) is 3.41. The van der Waals surface area contributed by atoms with Crippen LogP contribution < -0.4 is 15.4 Å². The number of rotatable bonds is 6. The molecule has 9 heteroatoms. The molecule has 0 radical (unpaired) electrons. The number of halogens is 4. The van der Waals surface area contributed by atoms with Gasteiger partial charge in [0, 0.05) is 44.7 Å². The standard InChI is InChI=1S/C20H27F3N4O.HI/c1-3-10-27-11-8-14(9-12-27)25-19(24-2)26-17-13-16(17)15-6-4-5-7-18(15)28-20(21,22)23;/h3-7,14,16-17H,1,8-13H2,2H3,(H2,24,25,26);1H. The van der Waals surface area contributed by atoms with Crippen LogP contribution in [0.15, 0.2) is 41.9 Å². The Morgan fingerprint density at radius 3 is 2.59 bits per heavy atom. The van der Waals surface area contributed by atoms with Gasteiger partial charge >= 0.3 is 6.36 Å². The van der Waals surface area contributed by atoms with E-state index in [2.05, 4.69) is 31.8 Å². The maximum Gasteiger partial charge on any atom is 0.573 e. The van der Waals surface area contributed by atoms with Gasteiger partial charge < -0.3 is 15.4 Å². The second-order valence-electron chi connectivity index (χ2n) is 7.26. The first-order valence-electron chi connectivity index (χ1n) is 9.57. The molecule has 0 bridgehead atoms. The van der Waals surface area contributed by atoms with E-state index in [-0.39, 0.29) is 41.7 Å². The molecular formula is C20H28F3IN4O. The summed E-state index contributed by atoms with van der Waals surface area (Å²) < 4.78 is 42.1. The summed E-state index contributed by atoms with van der Waals surface area (Å²) in [7, 11) is 1.71. The number of nitrogens with one attached hydrogen (secondary N) is 2. The van der Waals surface area contributed by atoms with E-state index in [0.717, 1.165) is 38.9 Å². The topological polar surface area (TPSA) is 48.9 Å². The number of benzene rings is 1. The molecular weight excluding hydrogens is 496 g/mol. The smallest absolute Gasteiger partial charge is 0.405 e. The van der Waals surface area contributed by atoms with Crippen LogP contribution in [0, 0.1) is 0 Å². The minimum Gasteiger partial charge on any atom is -0.405 e. The number of aliphatic imine (C=N–C) groups is 1. The zero-order valence-corrected chi connectivity index (χ0v) is 18.7. The highest BCUT2D eigenvalue weighted by Gasteiger charge is 2.42. The van der Waals surface area contributed by atoms with Crippen molar-refractivity contribution in [3.8, 4) is 5.75 Å². The summed E-state index contributed by atoms with van der Waals surface area (Å²) in [6, 6.07) is 6.73. The lowest BCUT2D eigenvalue weighted by Crippen LogP contribution is -2.49. The number of para-hydroxylation sites is 1. The Kier molecular flexibility index (Phi) is 8.62. The lowest BCUT2D eigenvalue weighted by atomic mass is 10.1. The molecule has 29 heavy (non-hydrogen) atoms. The Labute approximate surface area is 186 Å². The monoisotopic (exact) mass is 524 g/mol. The van der Waals surface area contributed by atoms with Crippen molar-refractivity contribution in [3.63, 3.8) is 0 Å². The van der Waals surface area contributed by atoms with E-state index in [1.165, 1.54) is 6.07 Å². The molecule has 2 N–H and O–H groups in total. The lowest BCUT2D eigenvalue weighted by molar-refractivity contribution is -0.274. The molecule has 1 saturated carbocycles. The zero-order valence-electron chi connectivity index (χ0n) is 16.4. The minimum absolute atomic E-state index is 0. The van der Waals surface area contributed by atoms with Crippen LogP contribution in [0.2, 0.25) is 0 Å². The number of alkyl halides is 3. The van der Waals surface area contributed by atoms with Crippen LogP contribution in [0.3, 0.4) is 0 Å². The summed E-state index contributed by atoms with van der Waals surface area (Å²) in [6.07, 6.45) is 0.0142. The van der Waals surface area contributed by atoms with E-state index in [1.54, 1.807) is 25.2 Å². The highest BCUT2D eigenvalue weighted by atomic mass is 127. The molecule has 1 aromatic carbocycles. The molecule has 0 spiro atoms. The molecule has 0 amide bonds. The van der Waals surface area contributed by atoms with Gasteiger partial charge in [0.15, 0.2) is 5.96 Å². The van der Waals surface area contributed by atoms with Gasteiger partial charge in [-0.15, -0.1) is 43.7 Å². The fourth-order valence-electron chi connectivity index (χ4n) is 3.68. The Hall–Kier alpha value is -1.49. The van der Waals surface area contributed by atoms with Crippen molar-refractivity contribution in [2.75, 3.05) is 26.7 Å². The predicted octanol–water partition coefficient (Wildman–Crippen LogP) is 3.87. The van der Waals surface area contributed by atoms with Crippen LogP contribution in [-0.2, 0) is 0 Å². The van der Waals surface area contributed by atoms with Gasteiger partial charge in [0.2, 0.25) is 0 Å². The predicted molar refractivity (Wildman–Crippen MR) is 119 cm³/mol. The molecule has 2 aliphatic rings. The van der Waals surface area contributed by atoms with Gasteiger partial charge in [0.05, 0.1) is 0 Å². The zero-order chi connectivity index (χ0) is 20.1. The molecule has 3 rings (SSSR count). The van der Waals surface area contributed by atoms with Crippen molar-refractivity contribution in [1.29, 1.82) is 0 Å². The second-order valence-corrected chi connectivity index (χ2v) is 7.26. The average molecular weight is 524 g/mol. The van der Waals surface area contributed by atoms with E-state index in [4.69, 9.17) is 0 Å². The van der Waals surface area contributed by atoms with Crippen molar-refractivity contribution in [2.45, 2.75) is 43.6 Å². The molecule has 1 saturated heterocycles. The van der Waals surface area contributed by atoms with Crippen LogP contribution in [0.25, 0.3) is 0 Å². The van der Waals surface area contributed by atoms with E-state index >= 15 is 0 Å². The maximum absolute atomic E-state index is 12.6. The van der Waals surface area contributed by atoms with Crippen molar-refractivity contribution >= 4 is 29.9 Å². The van der Waals surface area contributed by atoms with E-state index < -0.39 is 6.36 Å². The van der Waals surface area contributed by atoms with Crippen molar-refractivity contribution in [1.82, 2.24) is 15.5 Å². The molecule has 2 unspecified atom stereocenters. The van der Waals surface area contributed by atoms with Gasteiger partial charge in [-0.05, 0) is 30.9 Å². The minimum atomic E-state index is -4.69. The fraction of sp³-hybridized carbons (Fsp3) is 0.550. The third-order valence-electron chi connectivity index (χ3n) is 5.20. The highest BCUT2D eigenvalue weighted by Crippen LogP contribution is 2.45. The van der Waals surface area contributed by atoms with Crippen LogP contribution in [-0.4, -0.2) is 56.0 Å². The van der Waals surface area contributed by atoms with Crippen molar-refractivity contribution in [3.05, 3.63) is 42.5 Å². The van der Waals surface area contributed by atoms with Crippen molar-refractivity contribution in [2.24, 2.45) is 4.99 Å². The van der Waals surface area contributed by atoms with Crippen molar-refractivity contribution < 1.29 is 17.9 Å². The first-order valence-corrected chi connectivity index (χ1v) is 9.57. The molecule has 1 aliphatic heterocycles. The van der Waals surface area contributed by atoms with E-state index in [0.29, 0.717) is 17.6 Å². The number of nitrogens with zero attached hydrogens (tertiary/aromatic N) is 2. The molecule has 2 fully saturated rings. The van der Waals surface area contributed by atoms with Crippen LogP contribution in [0.1, 0.15) is 30.7 Å². The maximum atomic E-state index is 12.6. The Balaban J connectivity index is 0.00000300. The third kappa shape index (κ3) is 7.06. The Morgan fingerprint density at radius 1 is 1.28 bits per heavy atom. The summed E-state index contributed by atoms with van der Waals surface area (Å²) in [5.74, 6) is 0.553. The van der Waals surface area contributed by atoms with E-state index in [9.17, 15) is 13.2 Å². The number of ether oxygens (including phenoxy) is 1. The van der Waals surface area contributed by atoms with Gasteiger partial charge in [-0.3, -0.25) is 9.89 Å². The molecule has 2 atom stereocenters. The molecule has 1 heterocycles. The van der Waals surface area contributed by atoms with Crippen LogP contribution in [0.4, 0.5) is 13.2 Å². The Morgan fingerprint density at radius 2 is 1.97 bits per heavy atom. The molecule has 1 aliphatic carbocycles. The van der Waals surface area contributed by atoms with Gasteiger partial charge in [-0.25, -0.2) is 0 Å². The fourth-order valence-corrected chi connectivity index (χ4v) is 3.68. The summed E-state index contributed by atoms with van der Waals surface area (Å²) in [6.45, 7) is 6.70. The summed E-state index contributed by atoms with van der Waals surface area (Å²) in [5, 5.41) is 6.77. The molecule has 1 aromatic rings. The van der Waals surface area contributed by atoms with Gasteiger partial charge in [0.1, 0.15) is 5.75 Å². The van der Waals surface area contributed by atoms with Gasteiger partial charge in [0.25, 0.3) is 0 Å². The SMILES string of the molecule is C=CCN1CCC(NC(=NC)NC2CC2c2ccccc2OC(F)(F)F)CC1.I. The number of likely N-dealkylation sites (tertiary alicyclic amines) is 1. The van der Waals surface area contributed by atoms with Gasteiger partial charge in [-0.1, -0.05) is 24.3 Å². The first-order chi connectivity index (χ1) is 13.4. The van der Waals surface area contributed by atoms with Crippen LogP contribution in [0.5, 0.6) is 5.75 Å². The van der Waals surface area contributed by atoms with Crippen LogP contribution >= 0.6 is 24.0 Å². The second kappa shape index (κ2) is 10.5.